The van der Waals surface area contributed by atoms with Crippen molar-refractivity contribution >= 4 is 37.5 Å². The number of ether oxygens (including phenoxy) is 2. The number of benzene rings is 3. The lowest BCUT2D eigenvalue weighted by molar-refractivity contribution is 0.284. The number of halogens is 2. The first-order chi connectivity index (χ1) is 12.6. The Bertz CT molecular complexity index is 849. The normalized spacial score (nSPS) is 10.4. The predicted octanol–water partition coefficient (Wildman–Crippen LogP) is 6.41. The number of rotatable bonds is 7. The van der Waals surface area contributed by atoms with Crippen molar-refractivity contribution in [1.29, 1.82) is 0 Å². The molecular weight excluding hydrogens is 458 g/mol. The maximum absolute atomic E-state index is 5.92. The van der Waals surface area contributed by atoms with Crippen molar-refractivity contribution in [3.05, 3.63) is 86.8 Å². The average Bonchev–Trinajstić information content (AvgIpc) is 2.67. The van der Waals surface area contributed by atoms with Crippen LogP contribution in [0.5, 0.6) is 11.5 Å². The van der Waals surface area contributed by atoms with E-state index in [9.17, 15) is 0 Å². The summed E-state index contributed by atoms with van der Waals surface area (Å²) in [6, 6.07) is 22.2. The van der Waals surface area contributed by atoms with Gasteiger partial charge in [-0.1, -0.05) is 50.1 Å². The number of methoxy groups -OCH3 is 1. The Labute approximate surface area is 170 Å². The van der Waals surface area contributed by atoms with Crippen LogP contribution in [-0.4, -0.2) is 7.11 Å². The zero-order valence-electron chi connectivity index (χ0n) is 14.3. The van der Waals surface area contributed by atoms with E-state index in [1.54, 1.807) is 7.11 Å². The highest BCUT2D eigenvalue weighted by Gasteiger charge is 2.07. The highest BCUT2D eigenvalue weighted by Crippen LogP contribution is 2.29. The van der Waals surface area contributed by atoms with Gasteiger partial charge in [-0.3, -0.25) is 0 Å². The molecule has 3 rings (SSSR count). The highest BCUT2D eigenvalue weighted by molar-refractivity contribution is 9.10. The van der Waals surface area contributed by atoms with Crippen molar-refractivity contribution in [3.8, 4) is 11.5 Å². The standard InChI is InChI=1S/C21H19Br2NO2/c1-25-21-12-16(13-24-19-9-7-18(23)8-10-19)4-11-20(21)26-14-15-2-5-17(22)6-3-15/h2-12,24H,13-14H2,1H3. The van der Waals surface area contributed by atoms with Crippen LogP contribution in [0.2, 0.25) is 0 Å². The van der Waals surface area contributed by atoms with Crippen LogP contribution in [0.3, 0.4) is 0 Å². The molecule has 3 nitrogen and oxygen atoms in total. The second-order valence-corrected chi connectivity index (χ2v) is 7.59. The third-order valence-corrected chi connectivity index (χ3v) is 4.93. The van der Waals surface area contributed by atoms with E-state index in [1.807, 2.05) is 66.7 Å². The highest BCUT2D eigenvalue weighted by atomic mass is 79.9. The van der Waals surface area contributed by atoms with Crippen molar-refractivity contribution in [3.63, 3.8) is 0 Å². The first-order valence-electron chi connectivity index (χ1n) is 8.17. The number of hydrogen-bond acceptors (Lipinski definition) is 3. The lowest BCUT2D eigenvalue weighted by atomic mass is 10.2. The van der Waals surface area contributed by atoms with Crippen LogP contribution in [0.4, 0.5) is 5.69 Å². The molecule has 0 fully saturated rings. The molecule has 0 saturated heterocycles. The van der Waals surface area contributed by atoms with Gasteiger partial charge in [-0.15, -0.1) is 0 Å². The van der Waals surface area contributed by atoms with Gasteiger partial charge in [0.25, 0.3) is 0 Å². The largest absolute Gasteiger partial charge is 0.493 e. The fraction of sp³-hybridized carbons (Fsp3) is 0.143. The minimum atomic E-state index is 0.500. The van der Waals surface area contributed by atoms with Crippen LogP contribution in [0, 0.1) is 0 Å². The molecule has 0 aliphatic heterocycles. The van der Waals surface area contributed by atoms with E-state index in [4.69, 9.17) is 9.47 Å². The maximum Gasteiger partial charge on any atom is 0.161 e. The summed E-state index contributed by atoms with van der Waals surface area (Å²) in [5.74, 6) is 1.47. The van der Waals surface area contributed by atoms with E-state index in [-0.39, 0.29) is 0 Å². The van der Waals surface area contributed by atoms with Gasteiger partial charge < -0.3 is 14.8 Å². The molecule has 26 heavy (non-hydrogen) atoms. The molecule has 0 radical (unpaired) electrons. The summed E-state index contributed by atoms with van der Waals surface area (Å²) >= 11 is 6.88. The molecule has 5 heteroatoms. The second-order valence-electron chi connectivity index (χ2n) is 5.76. The average molecular weight is 477 g/mol. The van der Waals surface area contributed by atoms with Gasteiger partial charge in [0.05, 0.1) is 7.11 Å². The Morgan fingerprint density at radius 1 is 0.769 bits per heavy atom. The van der Waals surface area contributed by atoms with Crippen molar-refractivity contribution in [1.82, 2.24) is 0 Å². The lowest BCUT2D eigenvalue weighted by Gasteiger charge is -2.13. The monoisotopic (exact) mass is 475 g/mol. The van der Waals surface area contributed by atoms with Crippen LogP contribution in [0.1, 0.15) is 11.1 Å². The van der Waals surface area contributed by atoms with E-state index < -0.39 is 0 Å². The van der Waals surface area contributed by atoms with Gasteiger partial charge in [-0.05, 0) is 59.7 Å². The summed E-state index contributed by atoms with van der Waals surface area (Å²) in [4.78, 5) is 0. The fourth-order valence-corrected chi connectivity index (χ4v) is 2.98. The summed E-state index contributed by atoms with van der Waals surface area (Å²) in [5, 5.41) is 3.40. The molecule has 0 saturated carbocycles. The molecule has 0 heterocycles. The smallest absolute Gasteiger partial charge is 0.161 e. The molecule has 3 aromatic carbocycles. The molecule has 0 amide bonds. The molecule has 134 valence electrons. The van der Waals surface area contributed by atoms with Crippen molar-refractivity contribution < 1.29 is 9.47 Å². The van der Waals surface area contributed by atoms with E-state index in [1.165, 1.54) is 0 Å². The van der Waals surface area contributed by atoms with E-state index >= 15 is 0 Å². The molecule has 0 unspecified atom stereocenters. The van der Waals surface area contributed by atoms with E-state index in [0.717, 1.165) is 37.3 Å². The molecule has 0 aliphatic carbocycles. The maximum atomic E-state index is 5.92. The first kappa shape index (κ1) is 18.8. The summed E-state index contributed by atoms with van der Waals surface area (Å²) < 4.78 is 13.5. The third-order valence-electron chi connectivity index (χ3n) is 3.88. The van der Waals surface area contributed by atoms with Gasteiger partial charge in [-0.25, -0.2) is 0 Å². The first-order valence-corrected chi connectivity index (χ1v) is 9.76. The summed E-state index contributed by atoms with van der Waals surface area (Å²) in [6.45, 7) is 1.21. The second kappa shape index (κ2) is 9.10. The van der Waals surface area contributed by atoms with Gasteiger partial charge in [0, 0.05) is 21.2 Å². The minimum absolute atomic E-state index is 0.500. The molecule has 3 aromatic rings. The SMILES string of the molecule is COc1cc(CNc2ccc(Br)cc2)ccc1OCc1ccc(Br)cc1. The van der Waals surface area contributed by atoms with Gasteiger partial charge in [-0.2, -0.15) is 0 Å². The molecular formula is C21H19Br2NO2. The van der Waals surface area contributed by atoms with Gasteiger partial charge in [0.15, 0.2) is 11.5 Å². The number of nitrogens with one attached hydrogen (secondary N) is 1. The van der Waals surface area contributed by atoms with E-state index in [0.29, 0.717) is 13.2 Å². The molecule has 0 spiro atoms. The van der Waals surface area contributed by atoms with Gasteiger partial charge in [0.2, 0.25) is 0 Å². The Morgan fingerprint density at radius 2 is 1.38 bits per heavy atom. The molecule has 0 atom stereocenters. The summed E-state index contributed by atoms with van der Waals surface area (Å²) in [5.41, 5.74) is 3.31. The van der Waals surface area contributed by atoms with E-state index in [2.05, 4.69) is 37.2 Å². The van der Waals surface area contributed by atoms with Crippen LogP contribution < -0.4 is 14.8 Å². The molecule has 0 aliphatic rings. The predicted molar refractivity (Wildman–Crippen MR) is 113 cm³/mol. The Hall–Kier alpha value is -1.98. The molecule has 0 bridgehead atoms. The van der Waals surface area contributed by atoms with Crippen LogP contribution in [-0.2, 0) is 13.2 Å². The Kier molecular flexibility index (Phi) is 6.58. The quantitative estimate of drug-likeness (QED) is 0.427. The Balaban J connectivity index is 1.63. The lowest BCUT2D eigenvalue weighted by Crippen LogP contribution is -2.01. The van der Waals surface area contributed by atoms with Crippen LogP contribution >= 0.6 is 31.9 Å². The van der Waals surface area contributed by atoms with Crippen LogP contribution in [0.15, 0.2) is 75.7 Å². The Morgan fingerprint density at radius 3 is 2.04 bits per heavy atom. The van der Waals surface area contributed by atoms with Gasteiger partial charge in [0.1, 0.15) is 6.61 Å². The molecule has 1 N–H and O–H groups in total. The van der Waals surface area contributed by atoms with Gasteiger partial charge >= 0.3 is 0 Å². The summed E-state index contributed by atoms with van der Waals surface area (Å²) in [7, 11) is 1.66. The number of anilines is 1. The van der Waals surface area contributed by atoms with Crippen molar-refractivity contribution in [2.24, 2.45) is 0 Å². The minimum Gasteiger partial charge on any atom is -0.493 e. The summed E-state index contributed by atoms with van der Waals surface area (Å²) in [6.07, 6.45) is 0. The van der Waals surface area contributed by atoms with Crippen molar-refractivity contribution in [2.45, 2.75) is 13.2 Å². The third kappa shape index (κ3) is 5.26. The zero-order chi connectivity index (χ0) is 18.4. The molecule has 0 aromatic heterocycles. The van der Waals surface area contributed by atoms with Crippen molar-refractivity contribution in [2.75, 3.05) is 12.4 Å². The van der Waals surface area contributed by atoms with Crippen LogP contribution in [0.25, 0.3) is 0 Å². The number of hydrogen-bond donors (Lipinski definition) is 1. The topological polar surface area (TPSA) is 30.5 Å². The fourth-order valence-electron chi connectivity index (χ4n) is 2.45. The zero-order valence-corrected chi connectivity index (χ0v) is 17.5.